The van der Waals surface area contributed by atoms with Crippen LogP contribution in [-0.4, -0.2) is 51.2 Å². The normalized spacial score (nSPS) is 15.6. The summed E-state index contributed by atoms with van der Waals surface area (Å²) in [6.07, 6.45) is 2.51. The van der Waals surface area contributed by atoms with Crippen LogP contribution >= 0.6 is 23.1 Å². The lowest BCUT2D eigenvalue weighted by Gasteiger charge is -2.22. The Labute approximate surface area is 198 Å². The minimum Gasteiger partial charge on any atom is -0.493 e. The maximum atomic E-state index is 13.3. The van der Waals surface area contributed by atoms with Gasteiger partial charge in [-0.2, -0.15) is 5.10 Å². The van der Waals surface area contributed by atoms with Gasteiger partial charge in [-0.1, -0.05) is 30.0 Å². The molecule has 5 rings (SSSR count). The number of thioether (sulfide) groups is 1. The largest absolute Gasteiger partial charge is 0.493 e. The van der Waals surface area contributed by atoms with Crippen LogP contribution in [0.2, 0.25) is 0 Å². The molecule has 4 aromatic rings. The predicted molar refractivity (Wildman–Crippen MR) is 128 cm³/mol. The van der Waals surface area contributed by atoms with Crippen LogP contribution in [-0.2, 0) is 4.79 Å². The Kier molecular flexibility index (Phi) is 6.01. The highest BCUT2D eigenvalue weighted by molar-refractivity contribution is 7.99. The highest BCUT2D eigenvalue weighted by atomic mass is 32.2. The second kappa shape index (κ2) is 9.24. The van der Waals surface area contributed by atoms with Crippen molar-refractivity contribution in [1.82, 2.24) is 19.6 Å². The molecule has 8 nitrogen and oxygen atoms in total. The van der Waals surface area contributed by atoms with Gasteiger partial charge in [-0.05, 0) is 41.3 Å². The zero-order chi connectivity index (χ0) is 22.8. The van der Waals surface area contributed by atoms with Crippen LogP contribution in [0.25, 0.3) is 5.65 Å². The minimum absolute atomic E-state index is 0.0981. The van der Waals surface area contributed by atoms with Gasteiger partial charge in [0.25, 0.3) is 5.91 Å². The Morgan fingerprint density at radius 3 is 2.79 bits per heavy atom. The van der Waals surface area contributed by atoms with E-state index in [1.54, 1.807) is 30.6 Å². The number of pyridine rings is 1. The lowest BCUT2D eigenvalue weighted by Crippen LogP contribution is -2.28. The number of fused-ring (bicyclic) bond motifs is 1. The number of hydrazone groups is 1. The van der Waals surface area contributed by atoms with Crippen molar-refractivity contribution in [3.8, 4) is 11.5 Å². The molecule has 1 atom stereocenters. The standard InChI is InChI=1S/C23H21N5O3S2/c1-30-18-9-8-15(12-19(18)31-2)17-13-16(20-6-5-11-32-20)26-28(17)22(29)14-33-23-25-24-21-7-3-4-10-27(21)23/h3-12,17H,13-14H2,1-2H3/t17-/m1/s1. The molecule has 0 saturated heterocycles. The fourth-order valence-corrected chi connectivity index (χ4v) is 5.26. The molecule has 1 aliphatic rings. The van der Waals surface area contributed by atoms with Crippen LogP contribution in [0, 0.1) is 0 Å². The van der Waals surface area contributed by atoms with Gasteiger partial charge >= 0.3 is 0 Å². The first-order valence-corrected chi connectivity index (χ1v) is 12.1. The first-order chi connectivity index (χ1) is 16.2. The SMILES string of the molecule is COc1ccc([C@H]2CC(c3cccs3)=NN2C(=O)CSc2nnc3ccccn23)cc1OC. The molecule has 0 N–H and O–H groups in total. The molecule has 0 fully saturated rings. The molecule has 168 valence electrons. The van der Waals surface area contributed by atoms with E-state index >= 15 is 0 Å². The first kappa shape index (κ1) is 21.5. The predicted octanol–water partition coefficient (Wildman–Crippen LogP) is 4.28. The monoisotopic (exact) mass is 479 g/mol. The molecule has 0 saturated carbocycles. The number of ether oxygens (including phenoxy) is 2. The number of thiophene rings is 1. The molecule has 10 heteroatoms. The molecule has 33 heavy (non-hydrogen) atoms. The summed E-state index contributed by atoms with van der Waals surface area (Å²) >= 11 is 2.97. The number of carbonyl (C=O) groups excluding carboxylic acids is 1. The highest BCUT2D eigenvalue weighted by Crippen LogP contribution is 2.38. The molecule has 1 aromatic carbocycles. The van der Waals surface area contributed by atoms with E-state index in [4.69, 9.17) is 14.6 Å². The third-order valence-corrected chi connectivity index (χ3v) is 7.22. The van der Waals surface area contributed by atoms with Crippen LogP contribution < -0.4 is 9.47 Å². The van der Waals surface area contributed by atoms with Crippen molar-refractivity contribution in [1.29, 1.82) is 0 Å². The number of nitrogens with zero attached hydrogens (tertiary/aromatic N) is 5. The zero-order valence-electron chi connectivity index (χ0n) is 18.0. The molecule has 0 radical (unpaired) electrons. The van der Waals surface area contributed by atoms with Gasteiger partial charge < -0.3 is 9.47 Å². The van der Waals surface area contributed by atoms with Crippen molar-refractivity contribution in [3.63, 3.8) is 0 Å². The summed E-state index contributed by atoms with van der Waals surface area (Å²) in [5.74, 6) is 1.36. The zero-order valence-corrected chi connectivity index (χ0v) is 19.7. The number of rotatable bonds is 7. The van der Waals surface area contributed by atoms with Crippen LogP contribution in [0.1, 0.15) is 22.9 Å². The van der Waals surface area contributed by atoms with Gasteiger partial charge in [0.2, 0.25) is 0 Å². The fourth-order valence-electron chi connectivity index (χ4n) is 3.76. The Bertz CT molecular complexity index is 1320. The van der Waals surface area contributed by atoms with Crippen molar-refractivity contribution in [2.75, 3.05) is 20.0 Å². The molecule has 4 heterocycles. The maximum Gasteiger partial charge on any atom is 0.253 e. The second-order valence-corrected chi connectivity index (χ2v) is 9.19. The van der Waals surface area contributed by atoms with Crippen LogP contribution in [0.15, 0.2) is 70.4 Å². The smallest absolute Gasteiger partial charge is 0.253 e. The summed E-state index contributed by atoms with van der Waals surface area (Å²) in [7, 11) is 3.21. The van der Waals surface area contributed by atoms with E-state index < -0.39 is 0 Å². The number of hydrogen-bond acceptors (Lipinski definition) is 8. The van der Waals surface area contributed by atoms with Crippen LogP contribution in [0.4, 0.5) is 0 Å². The average Bonchev–Trinajstić information content (AvgIpc) is 3.61. The Hall–Kier alpha value is -3.37. The van der Waals surface area contributed by atoms with Gasteiger partial charge in [0.05, 0.1) is 36.6 Å². The number of aromatic nitrogens is 3. The van der Waals surface area contributed by atoms with E-state index in [1.165, 1.54) is 11.8 Å². The van der Waals surface area contributed by atoms with Crippen LogP contribution in [0.5, 0.6) is 11.5 Å². The summed E-state index contributed by atoms with van der Waals surface area (Å²) in [6, 6.07) is 15.2. The molecule has 1 amide bonds. The Balaban J connectivity index is 1.42. The Morgan fingerprint density at radius 2 is 2.00 bits per heavy atom. The van der Waals surface area contributed by atoms with Gasteiger partial charge in [0, 0.05) is 12.6 Å². The van der Waals surface area contributed by atoms with E-state index in [-0.39, 0.29) is 17.7 Å². The number of carbonyl (C=O) groups is 1. The number of methoxy groups -OCH3 is 2. The Morgan fingerprint density at radius 1 is 1.12 bits per heavy atom. The van der Waals surface area contributed by atoms with Crippen molar-refractivity contribution in [2.24, 2.45) is 5.10 Å². The van der Waals surface area contributed by atoms with Gasteiger partial charge in [0.15, 0.2) is 22.3 Å². The number of hydrogen-bond donors (Lipinski definition) is 0. The lowest BCUT2D eigenvalue weighted by atomic mass is 10.0. The molecule has 3 aromatic heterocycles. The molecule has 1 aliphatic heterocycles. The van der Waals surface area contributed by atoms with Gasteiger partial charge in [-0.3, -0.25) is 9.20 Å². The molecule has 0 bridgehead atoms. The molecular formula is C23H21N5O3S2. The summed E-state index contributed by atoms with van der Waals surface area (Å²) in [6.45, 7) is 0. The van der Waals surface area contributed by atoms with Gasteiger partial charge in [-0.15, -0.1) is 21.5 Å². The highest BCUT2D eigenvalue weighted by Gasteiger charge is 2.34. The minimum atomic E-state index is -0.231. The third-order valence-electron chi connectivity index (χ3n) is 5.37. The van der Waals surface area contributed by atoms with E-state index in [0.29, 0.717) is 23.1 Å². The first-order valence-electron chi connectivity index (χ1n) is 10.3. The quantitative estimate of drug-likeness (QED) is 0.368. The van der Waals surface area contributed by atoms with E-state index in [0.717, 1.165) is 21.8 Å². The lowest BCUT2D eigenvalue weighted by molar-refractivity contribution is -0.130. The summed E-state index contributed by atoms with van der Waals surface area (Å²) in [5, 5.41) is 17.4. The summed E-state index contributed by atoms with van der Waals surface area (Å²) < 4.78 is 12.7. The maximum absolute atomic E-state index is 13.3. The van der Waals surface area contributed by atoms with Gasteiger partial charge in [-0.25, -0.2) is 5.01 Å². The van der Waals surface area contributed by atoms with Crippen molar-refractivity contribution < 1.29 is 14.3 Å². The number of amides is 1. The van der Waals surface area contributed by atoms with E-state index in [2.05, 4.69) is 10.2 Å². The summed E-state index contributed by atoms with van der Waals surface area (Å²) in [4.78, 5) is 14.4. The van der Waals surface area contributed by atoms with Crippen molar-refractivity contribution in [3.05, 3.63) is 70.5 Å². The van der Waals surface area contributed by atoms with Crippen molar-refractivity contribution >= 4 is 40.4 Å². The van der Waals surface area contributed by atoms with Gasteiger partial charge in [0.1, 0.15) is 0 Å². The third kappa shape index (κ3) is 4.19. The topological polar surface area (TPSA) is 81.3 Å². The molecule has 0 aliphatic carbocycles. The second-order valence-electron chi connectivity index (χ2n) is 7.30. The molecule has 0 unspecified atom stereocenters. The summed E-state index contributed by atoms with van der Waals surface area (Å²) in [5.41, 5.74) is 2.58. The average molecular weight is 480 g/mol. The molecular weight excluding hydrogens is 458 g/mol. The van der Waals surface area contributed by atoms with Crippen LogP contribution in [0.3, 0.4) is 0 Å². The van der Waals surface area contributed by atoms with E-state index in [9.17, 15) is 4.79 Å². The fraction of sp³-hybridized carbons (Fsp3) is 0.217. The van der Waals surface area contributed by atoms with E-state index in [1.807, 2.05) is 64.5 Å². The van der Waals surface area contributed by atoms with Crippen molar-refractivity contribution in [2.45, 2.75) is 17.6 Å². The molecule has 0 spiro atoms. The number of benzene rings is 1.